The molecule has 0 radical (unpaired) electrons. The van der Waals surface area contributed by atoms with Gasteiger partial charge in [0, 0.05) is 16.3 Å². The average Bonchev–Trinajstić information content (AvgIpc) is 2.78. The second-order valence-corrected chi connectivity index (χ2v) is 7.63. The van der Waals surface area contributed by atoms with Gasteiger partial charge < -0.3 is 0 Å². The van der Waals surface area contributed by atoms with E-state index in [1.165, 1.54) is 16.6 Å². The highest BCUT2D eigenvalue weighted by Gasteiger charge is 2.32. The molecule has 1 aliphatic rings. The molecule has 18 heavy (non-hydrogen) atoms. The zero-order valence-corrected chi connectivity index (χ0v) is 13.0. The summed E-state index contributed by atoms with van der Waals surface area (Å²) < 4.78 is 0.674. The number of rotatable bonds is 3. The molecule has 1 aromatic rings. The number of thiocarbonyl (C=S) groups is 1. The van der Waals surface area contributed by atoms with Crippen molar-refractivity contribution in [2.75, 3.05) is 6.54 Å². The second kappa shape index (κ2) is 5.55. The predicted molar refractivity (Wildman–Crippen MR) is 83.8 cm³/mol. The van der Waals surface area contributed by atoms with Gasteiger partial charge in [-0.15, -0.1) is 11.3 Å². The summed E-state index contributed by atoms with van der Waals surface area (Å²) in [5, 5.41) is 0. The van der Waals surface area contributed by atoms with Gasteiger partial charge in [-0.1, -0.05) is 37.8 Å². The first-order valence-electron chi connectivity index (χ1n) is 5.79. The summed E-state index contributed by atoms with van der Waals surface area (Å²) >= 11 is 8.36. The van der Waals surface area contributed by atoms with Gasteiger partial charge >= 0.3 is 0 Å². The number of thiophene rings is 1. The summed E-state index contributed by atoms with van der Waals surface area (Å²) in [5.41, 5.74) is 0. The van der Waals surface area contributed by atoms with Gasteiger partial charge in [-0.2, -0.15) is 0 Å². The van der Waals surface area contributed by atoms with Gasteiger partial charge in [-0.25, -0.2) is 0 Å². The summed E-state index contributed by atoms with van der Waals surface area (Å²) in [6.45, 7) is 6.94. The molecule has 0 N–H and O–H groups in total. The van der Waals surface area contributed by atoms with Crippen LogP contribution in [0.2, 0.25) is 0 Å². The Labute approximate surface area is 121 Å². The largest absolute Gasteiger partial charge is 0.293 e. The van der Waals surface area contributed by atoms with E-state index in [4.69, 9.17) is 12.2 Å². The van der Waals surface area contributed by atoms with E-state index in [9.17, 15) is 4.79 Å². The molecule has 1 aromatic heterocycles. The topological polar surface area (TPSA) is 20.3 Å². The van der Waals surface area contributed by atoms with Crippen LogP contribution in [-0.2, 0) is 4.79 Å². The van der Waals surface area contributed by atoms with Crippen molar-refractivity contribution in [1.29, 1.82) is 0 Å². The first-order valence-corrected chi connectivity index (χ1v) is 7.83. The summed E-state index contributed by atoms with van der Waals surface area (Å²) in [7, 11) is 0. The van der Waals surface area contributed by atoms with Crippen molar-refractivity contribution < 1.29 is 4.79 Å². The minimum absolute atomic E-state index is 0.0461. The van der Waals surface area contributed by atoms with Crippen LogP contribution in [0.3, 0.4) is 0 Å². The van der Waals surface area contributed by atoms with Crippen molar-refractivity contribution in [2.24, 2.45) is 5.92 Å². The number of hydrogen-bond acceptors (Lipinski definition) is 4. The maximum absolute atomic E-state index is 12.2. The summed E-state index contributed by atoms with van der Waals surface area (Å²) in [6, 6.07) is 4.10. The molecule has 0 unspecified atom stereocenters. The van der Waals surface area contributed by atoms with Crippen LogP contribution >= 0.6 is 35.3 Å². The van der Waals surface area contributed by atoms with E-state index < -0.39 is 0 Å². The first-order chi connectivity index (χ1) is 8.47. The standard InChI is InChI=1S/C13H15NOS3/c1-8(2)7-14-12(15)11(18-13(14)16)6-10-5-4-9(3)17-10/h4-6,8H,7H2,1-3H3/b11-6-. The van der Waals surface area contributed by atoms with E-state index in [1.807, 2.05) is 12.1 Å². The lowest BCUT2D eigenvalue weighted by Crippen LogP contribution is -2.31. The van der Waals surface area contributed by atoms with Gasteiger partial charge in [0.2, 0.25) is 0 Å². The van der Waals surface area contributed by atoms with E-state index >= 15 is 0 Å². The second-order valence-electron chi connectivity index (χ2n) is 4.63. The molecule has 96 valence electrons. The lowest BCUT2D eigenvalue weighted by molar-refractivity contribution is -0.122. The van der Waals surface area contributed by atoms with Gasteiger partial charge in [0.05, 0.1) is 4.91 Å². The smallest absolute Gasteiger partial charge is 0.266 e. The van der Waals surface area contributed by atoms with Crippen LogP contribution in [0.5, 0.6) is 0 Å². The Morgan fingerprint density at radius 1 is 1.44 bits per heavy atom. The zero-order chi connectivity index (χ0) is 13.3. The van der Waals surface area contributed by atoms with Crippen LogP contribution in [0, 0.1) is 12.8 Å². The first kappa shape index (κ1) is 13.8. The Morgan fingerprint density at radius 2 is 2.17 bits per heavy atom. The molecule has 0 spiro atoms. The molecule has 5 heteroatoms. The minimum Gasteiger partial charge on any atom is -0.293 e. The number of nitrogens with zero attached hydrogens (tertiary/aromatic N) is 1. The highest BCUT2D eigenvalue weighted by molar-refractivity contribution is 8.26. The lowest BCUT2D eigenvalue weighted by atomic mass is 10.2. The van der Waals surface area contributed by atoms with Crippen molar-refractivity contribution in [2.45, 2.75) is 20.8 Å². The van der Waals surface area contributed by atoms with E-state index in [0.717, 1.165) is 9.78 Å². The van der Waals surface area contributed by atoms with Crippen LogP contribution in [0.4, 0.5) is 0 Å². The highest BCUT2D eigenvalue weighted by Crippen LogP contribution is 2.34. The molecule has 1 saturated heterocycles. The maximum Gasteiger partial charge on any atom is 0.266 e. The molecule has 1 amide bonds. The van der Waals surface area contributed by atoms with Gasteiger partial charge in [0.25, 0.3) is 5.91 Å². The molecular formula is C13H15NOS3. The Bertz CT molecular complexity index is 516. The lowest BCUT2D eigenvalue weighted by Gasteiger charge is -2.16. The highest BCUT2D eigenvalue weighted by atomic mass is 32.2. The van der Waals surface area contributed by atoms with Crippen molar-refractivity contribution in [1.82, 2.24) is 4.90 Å². The zero-order valence-electron chi connectivity index (χ0n) is 10.6. The molecule has 0 saturated carbocycles. The van der Waals surface area contributed by atoms with Crippen LogP contribution in [0.15, 0.2) is 17.0 Å². The number of hydrogen-bond donors (Lipinski definition) is 0. The quantitative estimate of drug-likeness (QED) is 0.623. The van der Waals surface area contributed by atoms with E-state index in [2.05, 4.69) is 26.8 Å². The molecule has 0 bridgehead atoms. The Hall–Kier alpha value is -0.650. The molecule has 2 nitrogen and oxygen atoms in total. The summed E-state index contributed by atoms with van der Waals surface area (Å²) in [5.74, 6) is 0.473. The van der Waals surface area contributed by atoms with Crippen LogP contribution in [0.1, 0.15) is 23.6 Å². The van der Waals surface area contributed by atoms with E-state index in [1.54, 1.807) is 16.2 Å². The Balaban J connectivity index is 2.19. The van der Waals surface area contributed by atoms with Crippen LogP contribution < -0.4 is 0 Å². The molecule has 2 heterocycles. The number of amides is 1. The van der Waals surface area contributed by atoms with Gasteiger partial charge in [0.1, 0.15) is 4.32 Å². The van der Waals surface area contributed by atoms with Gasteiger partial charge in [-0.05, 0) is 31.1 Å². The predicted octanol–water partition coefficient (Wildman–Crippen LogP) is 3.91. The SMILES string of the molecule is Cc1ccc(/C=C2\SC(=S)N(CC(C)C)C2=O)s1. The fraction of sp³-hybridized carbons (Fsp3) is 0.385. The molecule has 1 aliphatic heterocycles. The third-order valence-corrected chi connectivity index (χ3v) is 4.78. The molecule has 0 aliphatic carbocycles. The third kappa shape index (κ3) is 3.02. The normalized spacial score (nSPS) is 18.4. The van der Waals surface area contributed by atoms with E-state index in [-0.39, 0.29) is 5.91 Å². The van der Waals surface area contributed by atoms with Crippen LogP contribution in [0.25, 0.3) is 6.08 Å². The molecule has 0 atom stereocenters. The van der Waals surface area contributed by atoms with Crippen molar-refractivity contribution in [3.05, 3.63) is 26.8 Å². The fourth-order valence-corrected chi connectivity index (χ4v) is 3.84. The molecular weight excluding hydrogens is 282 g/mol. The molecule has 2 rings (SSSR count). The number of carbonyl (C=O) groups is 1. The third-order valence-electron chi connectivity index (χ3n) is 2.46. The maximum atomic E-state index is 12.2. The van der Waals surface area contributed by atoms with Crippen molar-refractivity contribution >= 4 is 51.6 Å². The Morgan fingerprint density at radius 3 is 2.72 bits per heavy atom. The van der Waals surface area contributed by atoms with Crippen molar-refractivity contribution in [3.8, 4) is 0 Å². The number of aryl methyl sites for hydroxylation is 1. The Kier molecular flexibility index (Phi) is 4.25. The average molecular weight is 297 g/mol. The van der Waals surface area contributed by atoms with E-state index in [0.29, 0.717) is 16.8 Å². The fourth-order valence-electron chi connectivity index (χ4n) is 1.68. The van der Waals surface area contributed by atoms with Gasteiger partial charge in [0.15, 0.2) is 0 Å². The summed E-state index contributed by atoms with van der Waals surface area (Å²) in [6.07, 6.45) is 1.94. The van der Waals surface area contributed by atoms with Gasteiger partial charge in [-0.3, -0.25) is 9.69 Å². The minimum atomic E-state index is 0.0461. The summed E-state index contributed by atoms with van der Waals surface area (Å²) in [4.78, 5) is 17.0. The molecule has 1 fully saturated rings. The number of carbonyl (C=O) groups excluding carboxylic acids is 1. The van der Waals surface area contributed by atoms with Crippen molar-refractivity contribution in [3.63, 3.8) is 0 Å². The molecule has 0 aromatic carbocycles. The number of thioether (sulfide) groups is 1. The van der Waals surface area contributed by atoms with Crippen LogP contribution in [-0.4, -0.2) is 21.7 Å². The monoisotopic (exact) mass is 297 g/mol.